The van der Waals surface area contributed by atoms with Crippen LogP contribution in [0.2, 0.25) is 0 Å². The minimum absolute atomic E-state index is 0.352. The normalized spacial score (nSPS) is 9.76. The van der Waals surface area contributed by atoms with E-state index in [9.17, 15) is 0 Å². The van der Waals surface area contributed by atoms with Crippen molar-refractivity contribution in [3.05, 3.63) is 65.7 Å². The molecule has 2 heteroatoms. The second kappa shape index (κ2) is 9.10. The summed E-state index contributed by atoms with van der Waals surface area (Å²) in [4.78, 5) is 0. The van der Waals surface area contributed by atoms with Crippen LogP contribution in [0.1, 0.15) is 24.0 Å². The second-order valence-corrected chi connectivity index (χ2v) is 5.02. The maximum absolute atomic E-state index is 5.76. The van der Waals surface area contributed by atoms with E-state index in [1.165, 1.54) is 5.56 Å². The van der Waals surface area contributed by atoms with Crippen LogP contribution in [0.5, 0.6) is 5.75 Å². The van der Waals surface area contributed by atoms with Gasteiger partial charge in [-0.25, -0.2) is 0 Å². The molecule has 108 valence electrons. The van der Waals surface area contributed by atoms with Crippen molar-refractivity contribution in [1.82, 2.24) is 0 Å². The maximum Gasteiger partial charge on any atom is 0.120 e. The number of ether oxygens (including phenoxy) is 1. The summed E-state index contributed by atoms with van der Waals surface area (Å²) in [6.45, 7) is 0.735. The van der Waals surface area contributed by atoms with E-state index in [0.29, 0.717) is 5.88 Å². The van der Waals surface area contributed by atoms with Crippen LogP contribution < -0.4 is 4.74 Å². The van der Waals surface area contributed by atoms with Gasteiger partial charge in [0.25, 0.3) is 0 Å². The Morgan fingerprint density at radius 3 is 2.62 bits per heavy atom. The van der Waals surface area contributed by atoms with E-state index >= 15 is 0 Å². The minimum Gasteiger partial charge on any atom is -0.494 e. The van der Waals surface area contributed by atoms with Gasteiger partial charge in [-0.3, -0.25) is 0 Å². The Morgan fingerprint density at radius 2 is 1.81 bits per heavy atom. The molecule has 0 atom stereocenters. The molecule has 2 rings (SSSR count). The van der Waals surface area contributed by atoms with Gasteiger partial charge in [0.2, 0.25) is 0 Å². The Kier molecular flexibility index (Phi) is 6.71. The fourth-order valence-electron chi connectivity index (χ4n) is 2.06. The van der Waals surface area contributed by atoms with Gasteiger partial charge in [-0.1, -0.05) is 48.2 Å². The molecule has 21 heavy (non-hydrogen) atoms. The Bertz CT molecular complexity index is 596. The summed E-state index contributed by atoms with van der Waals surface area (Å²) in [6.07, 6.45) is 3.29. The van der Waals surface area contributed by atoms with Gasteiger partial charge in [-0.15, -0.1) is 11.6 Å². The molecule has 0 radical (unpaired) electrons. The predicted molar refractivity (Wildman–Crippen MR) is 88.9 cm³/mol. The van der Waals surface area contributed by atoms with Crippen molar-refractivity contribution in [1.29, 1.82) is 0 Å². The summed E-state index contributed by atoms with van der Waals surface area (Å²) >= 11 is 5.56. The van der Waals surface area contributed by atoms with Crippen molar-refractivity contribution in [2.24, 2.45) is 0 Å². The summed E-state index contributed by atoms with van der Waals surface area (Å²) in [5.74, 6) is 7.07. The summed E-state index contributed by atoms with van der Waals surface area (Å²) in [7, 11) is 0. The summed E-state index contributed by atoms with van der Waals surface area (Å²) in [5, 5.41) is 0. The van der Waals surface area contributed by atoms with Crippen molar-refractivity contribution >= 4 is 11.6 Å². The quantitative estimate of drug-likeness (QED) is 0.427. The zero-order valence-electron chi connectivity index (χ0n) is 12.0. The highest BCUT2D eigenvalue weighted by atomic mass is 35.5. The number of halogens is 1. The Balaban J connectivity index is 1.71. The molecule has 0 bridgehead atoms. The van der Waals surface area contributed by atoms with Crippen LogP contribution in [0.4, 0.5) is 0 Å². The van der Waals surface area contributed by atoms with Crippen LogP contribution in [0, 0.1) is 11.8 Å². The molecule has 0 aliphatic carbocycles. The van der Waals surface area contributed by atoms with Crippen molar-refractivity contribution in [3.63, 3.8) is 0 Å². The number of hydrogen-bond donors (Lipinski definition) is 0. The molecule has 0 aliphatic heterocycles. The lowest BCUT2D eigenvalue weighted by Crippen LogP contribution is -1.98. The maximum atomic E-state index is 5.76. The highest BCUT2D eigenvalue weighted by molar-refractivity contribution is 6.19. The van der Waals surface area contributed by atoms with E-state index in [1.54, 1.807) is 0 Å². The molecule has 2 aromatic carbocycles. The van der Waals surface area contributed by atoms with Gasteiger partial charge < -0.3 is 4.74 Å². The Morgan fingerprint density at radius 1 is 0.952 bits per heavy atom. The van der Waals surface area contributed by atoms with E-state index in [4.69, 9.17) is 16.3 Å². The minimum atomic E-state index is 0.352. The van der Waals surface area contributed by atoms with Crippen molar-refractivity contribution in [2.45, 2.75) is 19.3 Å². The van der Waals surface area contributed by atoms with E-state index in [1.807, 2.05) is 30.3 Å². The number of hydrogen-bond acceptors (Lipinski definition) is 1. The van der Waals surface area contributed by atoms with Crippen molar-refractivity contribution in [3.8, 4) is 17.6 Å². The Labute approximate surface area is 131 Å². The first-order valence-corrected chi connectivity index (χ1v) is 7.73. The number of rotatable bonds is 6. The highest BCUT2D eigenvalue weighted by Crippen LogP contribution is 2.13. The number of unbranched alkanes of at least 4 members (excludes halogenated alkanes) is 1. The molecular formula is C19H19ClO. The monoisotopic (exact) mass is 298 g/mol. The number of alkyl halides is 1. The van der Waals surface area contributed by atoms with Gasteiger partial charge in [0, 0.05) is 5.56 Å². The molecule has 0 aromatic heterocycles. The second-order valence-electron chi connectivity index (χ2n) is 4.75. The molecule has 0 N–H and O–H groups in total. The fourth-order valence-corrected chi connectivity index (χ4v) is 2.13. The van der Waals surface area contributed by atoms with E-state index in [-0.39, 0.29) is 0 Å². The standard InChI is InChI=1S/C19H19ClO/c20-14-7-12-18-11-6-13-19(16-18)21-15-5-4-10-17-8-2-1-3-9-17/h1-3,6,8-9,11,13,16H,4-5,10,14-15H2. The zero-order valence-corrected chi connectivity index (χ0v) is 12.8. The van der Waals surface area contributed by atoms with Gasteiger partial charge in [0.05, 0.1) is 12.5 Å². The van der Waals surface area contributed by atoms with Gasteiger partial charge in [0.15, 0.2) is 0 Å². The molecule has 0 unspecified atom stereocenters. The lowest BCUT2D eigenvalue weighted by molar-refractivity contribution is 0.307. The first-order chi connectivity index (χ1) is 10.4. The average Bonchev–Trinajstić information content (AvgIpc) is 2.54. The molecule has 0 heterocycles. The molecular weight excluding hydrogens is 280 g/mol. The van der Waals surface area contributed by atoms with Crippen molar-refractivity contribution < 1.29 is 4.74 Å². The number of benzene rings is 2. The first kappa shape index (κ1) is 15.5. The third kappa shape index (κ3) is 5.94. The zero-order chi connectivity index (χ0) is 14.8. The van der Waals surface area contributed by atoms with Gasteiger partial charge in [0.1, 0.15) is 5.75 Å². The third-order valence-electron chi connectivity index (χ3n) is 3.10. The summed E-state index contributed by atoms with van der Waals surface area (Å²) in [5.41, 5.74) is 2.33. The van der Waals surface area contributed by atoms with E-state index in [2.05, 4.69) is 36.1 Å². The third-order valence-corrected chi connectivity index (χ3v) is 3.24. The van der Waals surface area contributed by atoms with E-state index in [0.717, 1.165) is 37.2 Å². The average molecular weight is 299 g/mol. The Hall–Kier alpha value is -1.91. The highest BCUT2D eigenvalue weighted by Gasteiger charge is 1.96. The fraction of sp³-hybridized carbons (Fsp3) is 0.263. The summed E-state index contributed by atoms with van der Waals surface area (Å²) in [6, 6.07) is 18.4. The van der Waals surface area contributed by atoms with Crippen LogP contribution in [-0.2, 0) is 6.42 Å². The van der Waals surface area contributed by atoms with Crippen LogP contribution in [0.25, 0.3) is 0 Å². The van der Waals surface area contributed by atoms with Crippen LogP contribution >= 0.6 is 11.6 Å². The molecule has 0 fully saturated rings. The molecule has 0 spiro atoms. The largest absolute Gasteiger partial charge is 0.494 e. The lowest BCUT2D eigenvalue weighted by atomic mass is 10.1. The molecule has 0 aliphatic rings. The molecule has 0 saturated heterocycles. The molecule has 1 nitrogen and oxygen atoms in total. The SMILES string of the molecule is ClCC#Cc1cccc(OCCCCc2ccccc2)c1. The number of aryl methyl sites for hydroxylation is 1. The smallest absolute Gasteiger partial charge is 0.120 e. The van der Waals surface area contributed by atoms with Gasteiger partial charge >= 0.3 is 0 Å². The van der Waals surface area contributed by atoms with Gasteiger partial charge in [-0.05, 0) is 43.0 Å². The summed E-state index contributed by atoms with van der Waals surface area (Å²) < 4.78 is 5.76. The molecule has 0 amide bonds. The predicted octanol–water partition coefficient (Wildman–Crippen LogP) is 4.68. The van der Waals surface area contributed by atoms with Crippen LogP contribution in [-0.4, -0.2) is 12.5 Å². The van der Waals surface area contributed by atoms with E-state index < -0.39 is 0 Å². The van der Waals surface area contributed by atoms with Crippen molar-refractivity contribution in [2.75, 3.05) is 12.5 Å². The lowest BCUT2D eigenvalue weighted by Gasteiger charge is -2.06. The van der Waals surface area contributed by atoms with Crippen LogP contribution in [0.15, 0.2) is 54.6 Å². The molecule has 2 aromatic rings. The van der Waals surface area contributed by atoms with Gasteiger partial charge in [-0.2, -0.15) is 0 Å². The topological polar surface area (TPSA) is 9.23 Å². The van der Waals surface area contributed by atoms with Crippen LogP contribution in [0.3, 0.4) is 0 Å². The molecule has 0 saturated carbocycles. The first-order valence-electron chi connectivity index (χ1n) is 7.20.